The zero-order valence-electron chi connectivity index (χ0n) is 17.6. The first kappa shape index (κ1) is 21.7. The van der Waals surface area contributed by atoms with Gasteiger partial charge in [-0.1, -0.05) is 47.9 Å². The number of amides is 2. The fourth-order valence-corrected chi connectivity index (χ4v) is 3.11. The molecule has 2 amide bonds. The lowest BCUT2D eigenvalue weighted by atomic mass is 10.1. The Bertz CT molecular complexity index is 1130. The van der Waals surface area contributed by atoms with E-state index >= 15 is 0 Å². The maximum atomic E-state index is 13.3. The van der Waals surface area contributed by atoms with E-state index in [0.717, 1.165) is 11.1 Å². The number of anilines is 1. The molecule has 0 aliphatic heterocycles. The average Bonchev–Trinajstić information content (AvgIpc) is 2.81. The number of hydrogen-bond acceptors (Lipinski definition) is 3. The van der Waals surface area contributed by atoms with E-state index < -0.39 is 0 Å². The van der Waals surface area contributed by atoms with Crippen LogP contribution in [0.15, 0.2) is 72.8 Å². The number of rotatable bonds is 7. The van der Waals surface area contributed by atoms with Gasteiger partial charge in [0.25, 0.3) is 5.91 Å². The Morgan fingerprint density at radius 2 is 1.81 bits per heavy atom. The molecule has 31 heavy (non-hydrogen) atoms. The minimum Gasteiger partial charge on any atom is -0.489 e. The van der Waals surface area contributed by atoms with Crippen LogP contribution in [0.4, 0.5) is 5.69 Å². The van der Waals surface area contributed by atoms with E-state index in [9.17, 15) is 9.59 Å². The van der Waals surface area contributed by atoms with Crippen molar-refractivity contribution in [1.82, 2.24) is 5.32 Å². The van der Waals surface area contributed by atoms with E-state index in [1.807, 2.05) is 25.1 Å². The molecule has 0 bridgehead atoms. The fraction of sp³-hybridized carbons (Fsp3) is 0.154. The molecule has 0 saturated heterocycles. The molecule has 3 rings (SSSR count). The van der Waals surface area contributed by atoms with Gasteiger partial charge in [0.05, 0.1) is 0 Å². The Hall–Kier alpha value is -4.04. The number of carbonyl (C=O) groups is 2. The van der Waals surface area contributed by atoms with Gasteiger partial charge in [0.2, 0.25) is 5.91 Å². The minimum atomic E-state index is -0.321. The van der Waals surface area contributed by atoms with Crippen molar-refractivity contribution >= 4 is 17.5 Å². The number of aryl methyl sites for hydroxylation is 1. The summed E-state index contributed by atoms with van der Waals surface area (Å²) in [5.74, 6) is 2.52. The van der Waals surface area contributed by atoms with E-state index in [4.69, 9.17) is 11.2 Å². The maximum absolute atomic E-state index is 13.3. The Morgan fingerprint density at radius 3 is 2.55 bits per heavy atom. The number of ether oxygens (including phenoxy) is 1. The molecule has 0 atom stereocenters. The summed E-state index contributed by atoms with van der Waals surface area (Å²) >= 11 is 0. The highest BCUT2D eigenvalue weighted by Crippen LogP contribution is 2.22. The lowest BCUT2D eigenvalue weighted by molar-refractivity contribution is -0.119. The Balaban J connectivity index is 1.84. The predicted molar refractivity (Wildman–Crippen MR) is 122 cm³/mol. The second-order valence-electron chi connectivity index (χ2n) is 7.06. The van der Waals surface area contributed by atoms with Gasteiger partial charge in [-0.05, 0) is 48.9 Å². The number of likely N-dealkylation sites (N-methyl/N-ethyl adjacent to an activating group) is 1. The molecule has 0 fully saturated rings. The van der Waals surface area contributed by atoms with Crippen LogP contribution in [0.1, 0.15) is 27.0 Å². The lowest BCUT2D eigenvalue weighted by Gasteiger charge is -2.22. The van der Waals surface area contributed by atoms with Gasteiger partial charge >= 0.3 is 0 Å². The van der Waals surface area contributed by atoms with Crippen LogP contribution < -0.4 is 15.0 Å². The van der Waals surface area contributed by atoms with E-state index in [-0.39, 0.29) is 18.4 Å². The summed E-state index contributed by atoms with van der Waals surface area (Å²) in [5.41, 5.74) is 3.79. The summed E-state index contributed by atoms with van der Waals surface area (Å²) in [5, 5.41) is 2.56. The zero-order chi connectivity index (χ0) is 22.2. The molecule has 1 N–H and O–H groups in total. The third kappa shape index (κ3) is 5.74. The molecule has 0 aliphatic rings. The molecule has 156 valence electrons. The van der Waals surface area contributed by atoms with Gasteiger partial charge in [-0.3, -0.25) is 14.5 Å². The van der Waals surface area contributed by atoms with Gasteiger partial charge in [0.1, 0.15) is 18.9 Å². The van der Waals surface area contributed by atoms with E-state index in [1.165, 1.54) is 11.9 Å². The Kier molecular flexibility index (Phi) is 7.08. The van der Waals surface area contributed by atoms with Crippen molar-refractivity contribution in [2.45, 2.75) is 13.5 Å². The summed E-state index contributed by atoms with van der Waals surface area (Å²) < 4.78 is 5.89. The summed E-state index contributed by atoms with van der Waals surface area (Å²) in [4.78, 5) is 26.8. The normalized spacial score (nSPS) is 10.1. The van der Waals surface area contributed by atoms with Crippen LogP contribution in [0.25, 0.3) is 0 Å². The SMILES string of the molecule is C#Cc1cccc(N(CC(=O)NC)C(=O)c2cccc(OCc3cccc(C)c3)c2)c1. The van der Waals surface area contributed by atoms with Crippen molar-refractivity contribution in [3.05, 3.63) is 95.1 Å². The first-order valence-electron chi connectivity index (χ1n) is 9.87. The van der Waals surface area contributed by atoms with Crippen LogP contribution in [0.2, 0.25) is 0 Å². The van der Waals surface area contributed by atoms with E-state index in [2.05, 4.69) is 17.3 Å². The standard InChI is InChI=1S/C26H24N2O3/c1-4-20-9-6-12-23(15-20)28(17-25(29)27-3)26(30)22-11-7-13-24(16-22)31-18-21-10-5-8-19(2)14-21/h1,5-16H,17-18H2,2-3H3,(H,27,29). The zero-order valence-corrected chi connectivity index (χ0v) is 17.6. The van der Waals surface area contributed by atoms with Crippen molar-refractivity contribution in [2.24, 2.45) is 0 Å². The van der Waals surface area contributed by atoms with Crippen LogP contribution in [0.3, 0.4) is 0 Å². The summed E-state index contributed by atoms with van der Waals surface area (Å²) in [6, 6.07) is 22.0. The lowest BCUT2D eigenvalue weighted by Crippen LogP contribution is -2.39. The smallest absolute Gasteiger partial charge is 0.258 e. The average molecular weight is 412 g/mol. The molecule has 3 aromatic carbocycles. The Morgan fingerprint density at radius 1 is 1.03 bits per heavy atom. The topological polar surface area (TPSA) is 58.6 Å². The van der Waals surface area contributed by atoms with Crippen molar-refractivity contribution in [3.8, 4) is 18.1 Å². The van der Waals surface area contributed by atoms with Gasteiger partial charge in [-0.15, -0.1) is 6.42 Å². The molecule has 0 aliphatic carbocycles. The fourth-order valence-electron chi connectivity index (χ4n) is 3.11. The number of nitrogens with one attached hydrogen (secondary N) is 1. The van der Waals surface area contributed by atoms with Crippen LogP contribution in [0, 0.1) is 19.3 Å². The van der Waals surface area contributed by atoms with E-state index in [1.54, 1.807) is 48.5 Å². The molecular weight excluding hydrogens is 388 g/mol. The molecule has 5 nitrogen and oxygen atoms in total. The van der Waals surface area contributed by atoms with Crippen LogP contribution in [0.5, 0.6) is 5.75 Å². The van der Waals surface area contributed by atoms with Crippen molar-refractivity contribution in [3.63, 3.8) is 0 Å². The van der Waals surface area contributed by atoms with Gasteiger partial charge in [-0.25, -0.2) is 0 Å². The van der Waals surface area contributed by atoms with Gasteiger partial charge in [0, 0.05) is 23.9 Å². The van der Waals surface area contributed by atoms with Crippen LogP contribution >= 0.6 is 0 Å². The second-order valence-corrected chi connectivity index (χ2v) is 7.06. The molecule has 5 heteroatoms. The van der Waals surface area contributed by atoms with Gasteiger partial charge in [-0.2, -0.15) is 0 Å². The number of hydrogen-bond donors (Lipinski definition) is 1. The molecule has 0 spiro atoms. The number of terminal acetylenes is 1. The molecule has 0 saturated carbocycles. The van der Waals surface area contributed by atoms with Gasteiger partial charge < -0.3 is 10.1 Å². The monoisotopic (exact) mass is 412 g/mol. The number of nitrogens with zero attached hydrogens (tertiary/aromatic N) is 1. The highest BCUT2D eigenvalue weighted by Gasteiger charge is 2.21. The largest absolute Gasteiger partial charge is 0.489 e. The third-order valence-corrected chi connectivity index (χ3v) is 4.72. The van der Waals surface area contributed by atoms with Gasteiger partial charge in [0.15, 0.2) is 0 Å². The molecule has 0 unspecified atom stereocenters. The minimum absolute atomic E-state index is 0.127. The van der Waals surface area contributed by atoms with Crippen molar-refractivity contribution < 1.29 is 14.3 Å². The predicted octanol–water partition coefficient (Wildman–Crippen LogP) is 3.95. The highest BCUT2D eigenvalue weighted by molar-refractivity contribution is 6.09. The Labute approximate surface area is 182 Å². The summed E-state index contributed by atoms with van der Waals surface area (Å²) in [6.07, 6.45) is 5.49. The van der Waals surface area contributed by atoms with Crippen molar-refractivity contribution in [1.29, 1.82) is 0 Å². The van der Waals surface area contributed by atoms with Crippen LogP contribution in [-0.2, 0) is 11.4 Å². The summed E-state index contributed by atoms with van der Waals surface area (Å²) in [6.45, 7) is 2.29. The highest BCUT2D eigenvalue weighted by atomic mass is 16.5. The molecule has 0 radical (unpaired) electrons. The third-order valence-electron chi connectivity index (χ3n) is 4.72. The van der Waals surface area contributed by atoms with Crippen LogP contribution in [-0.4, -0.2) is 25.4 Å². The first-order chi connectivity index (χ1) is 15.0. The second kappa shape index (κ2) is 10.1. The first-order valence-corrected chi connectivity index (χ1v) is 9.87. The molecule has 3 aromatic rings. The molecule has 0 aromatic heterocycles. The summed E-state index contributed by atoms with van der Waals surface area (Å²) in [7, 11) is 1.53. The molecule has 0 heterocycles. The maximum Gasteiger partial charge on any atom is 0.258 e. The number of benzene rings is 3. The molecular formula is C26H24N2O3. The quantitative estimate of drug-likeness (QED) is 0.598. The van der Waals surface area contributed by atoms with Crippen molar-refractivity contribution in [2.75, 3.05) is 18.5 Å². The number of carbonyl (C=O) groups excluding carboxylic acids is 2. The van der Waals surface area contributed by atoms with E-state index in [0.29, 0.717) is 29.2 Å².